The van der Waals surface area contributed by atoms with Crippen molar-refractivity contribution in [3.8, 4) is 0 Å². The maximum atomic E-state index is 12.8. The van der Waals surface area contributed by atoms with Crippen molar-refractivity contribution in [2.75, 3.05) is 0 Å². The van der Waals surface area contributed by atoms with E-state index in [4.69, 9.17) is 11.6 Å². The number of carbonyl (C=O) groups is 1. The highest BCUT2D eigenvalue weighted by molar-refractivity contribution is 7.92. The van der Waals surface area contributed by atoms with Gasteiger partial charge < -0.3 is 5.11 Å². The Morgan fingerprint density at radius 2 is 1.78 bits per heavy atom. The van der Waals surface area contributed by atoms with Crippen LogP contribution in [0.25, 0.3) is 0 Å². The van der Waals surface area contributed by atoms with Crippen molar-refractivity contribution in [1.82, 2.24) is 0 Å². The van der Waals surface area contributed by atoms with Gasteiger partial charge in [-0.15, -0.1) is 0 Å². The molecule has 1 saturated carbocycles. The number of benzene rings is 2. The first-order chi connectivity index (χ1) is 10.8. The van der Waals surface area contributed by atoms with Crippen LogP contribution in [0.3, 0.4) is 0 Å². The van der Waals surface area contributed by atoms with Gasteiger partial charge in [0.1, 0.15) is 0 Å². The fourth-order valence-electron chi connectivity index (χ4n) is 2.96. The van der Waals surface area contributed by atoms with Gasteiger partial charge in [0.05, 0.1) is 16.1 Å². The molecule has 1 fully saturated rings. The Balaban J connectivity index is 2.00. The monoisotopic (exact) mass is 350 g/mol. The van der Waals surface area contributed by atoms with Crippen LogP contribution in [-0.2, 0) is 14.6 Å². The summed E-state index contributed by atoms with van der Waals surface area (Å²) in [5, 5.41) is 8.89. The largest absolute Gasteiger partial charge is 0.481 e. The highest BCUT2D eigenvalue weighted by atomic mass is 35.5. The number of halogens is 1. The number of aliphatic carboxylic acids is 1. The molecular weight excluding hydrogens is 336 g/mol. The van der Waals surface area contributed by atoms with E-state index in [2.05, 4.69) is 0 Å². The zero-order valence-corrected chi connectivity index (χ0v) is 13.9. The Hall–Kier alpha value is -1.85. The smallest absolute Gasteiger partial charge is 0.308 e. The summed E-state index contributed by atoms with van der Waals surface area (Å²) >= 11 is 5.94. The van der Waals surface area contributed by atoms with E-state index in [9.17, 15) is 18.3 Å². The molecule has 0 aromatic heterocycles. The molecule has 1 aliphatic rings. The summed E-state index contributed by atoms with van der Waals surface area (Å²) in [6.07, 6.45) is 0. The third kappa shape index (κ3) is 2.86. The van der Waals surface area contributed by atoms with Crippen molar-refractivity contribution in [2.24, 2.45) is 5.92 Å². The number of hydrogen-bond acceptors (Lipinski definition) is 3. The van der Waals surface area contributed by atoms with Crippen LogP contribution >= 0.6 is 11.6 Å². The lowest BCUT2D eigenvalue weighted by Gasteiger charge is -2.05. The van der Waals surface area contributed by atoms with Gasteiger partial charge in [0.15, 0.2) is 9.84 Å². The molecule has 3 atom stereocenters. The van der Waals surface area contributed by atoms with Crippen LogP contribution in [0.2, 0.25) is 5.02 Å². The first kappa shape index (κ1) is 16.0. The number of rotatable bonds is 4. The molecule has 1 N–H and O–H groups in total. The first-order valence-corrected chi connectivity index (χ1v) is 9.03. The van der Waals surface area contributed by atoms with Crippen LogP contribution < -0.4 is 0 Å². The molecule has 4 nitrogen and oxygen atoms in total. The number of aryl methyl sites for hydroxylation is 1. The lowest BCUT2D eigenvalue weighted by molar-refractivity contribution is -0.138. The van der Waals surface area contributed by atoms with Crippen LogP contribution in [0.15, 0.2) is 53.4 Å². The summed E-state index contributed by atoms with van der Waals surface area (Å²) in [7, 11) is -3.71. The average Bonchev–Trinajstić information content (AvgIpc) is 3.24. The number of carboxylic acids is 1. The molecule has 0 amide bonds. The topological polar surface area (TPSA) is 71.4 Å². The minimum Gasteiger partial charge on any atom is -0.481 e. The predicted octanol–water partition coefficient (Wildman–Crippen LogP) is 3.29. The number of hydrogen-bond donors (Lipinski definition) is 1. The highest BCUT2D eigenvalue weighted by Crippen LogP contribution is 2.54. The van der Waals surface area contributed by atoms with Crippen LogP contribution in [-0.4, -0.2) is 24.7 Å². The molecule has 0 aliphatic heterocycles. The first-order valence-electron chi connectivity index (χ1n) is 7.11. The quantitative estimate of drug-likeness (QED) is 0.918. The number of carboxylic acid groups (broad SMARTS) is 1. The van der Waals surface area contributed by atoms with Crippen molar-refractivity contribution >= 4 is 27.4 Å². The molecule has 0 bridgehead atoms. The summed E-state index contributed by atoms with van der Waals surface area (Å²) in [6, 6.07) is 13.2. The molecular formula is C17H15ClO4S. The van der Waals surface area contributed by atoms with Crippen LogP contribution in [0.5, 0.6) is 0 Å². The molecule has 120 valence electrons. The van der Waals surface area contributed by atoms with Gasteiger partial charge in [-0.25, -0.2) is 8.42 Å². The van der Waals surface area contributed by atoms with Crippen molar-refractivity contribution in [2.45, 2.75) is 23.0 Å². The second kappa shape index (κ2) is 5.65. The molecule has 0 radical (unpaired) electrons. The minimum absolute atomic E-state index is 0.156. The fourth-order valence-corrected chi connectivity index (χ4v) is 5.28. The van der Waals surface area contributed by atoms with E-state index in [1.54, 1.807) is 36.4 Å². The van der Waals surface area contributed by atoms with E-state index in [0.717, 1.165) is 5.56 Å². The number of sulfone groups is 1. The maximum Gasteiger partial charge on any atom is 0.308 e. The van der Waals surface area contributed by atoms with Crippen molar-refractivity contribution in [3.63, 3.8) is 0 Å². The predicted molar refractivity (Wildman–Crippen MR) is 87.5 cm³/mol. The van der Waals surface area contributed by atoms with E-state index in [1.165, 1.54) is 12.1 Å². The Bertz CT molecular complexity index is 858. The standard InChI is InChI=1S/C17H15ClO4S/c1-10-5-7-13(8-6-10)23(21,22)16-14(15(16)17(19)20)11-3-2-4-12(18)9-11/h2-9,14-16H,1H3,(H,19,20)/t14-,15+,16-/m0/s1. The van der Waals surface area contributed by atoms with Gasteiger partial charge in [-0.05, 0) is 36.8 Å². The summed E-state index contributed by atoms with van der Waals surface area (Å²) in [4.78, 5) is 11.6. The molecule has 6 heteroatoms. The minimum atomic E-state index is -3.71. The van der Waals surface area contributed by atoms with Gasteiger partial charge in [-0.1, -0.05) is 41.4 Å². The van der Waals surface area contributed by atoms with Gasteiger partial charge in [-0.2, -0.15) is 0 Å². The lowest BCUT2D eigenvalue weighted by atomic mass is 10.1. The Labute approximate surface area is 139 Å². The van der Waals surface area contributed by atoms with Crippen LogP contribution in [0.4, 0.5) is 0 Å². The fraction of sp³-hybridized carbons (Fsp3) is 0.235. The highest BCUT2D eigenvalue weighted by Gasteiger charge is 2.63. The Morgan fingerprint density at radius 1 is 1.13 bits per heavy atom. The van der Waals surface area contributed by atoms with Crippen molar-refractivity contribution in [1.29, 1.82) is 0 Å². The van der Waals surface area contributed by atoms with Crippen molar-refractivity contribution in [3.05, 3.63) is 64.7 Å². The molecule has 0 saturated heterocycles. The second-order valence-electron chi connectivity index (χ2n) is 5.77. The average molecular weight is 351 g/mol. The molecule has 0 heterocycles. The van der Waals surface area contributed by atoms with E-state index in [-0.39, 0.29) is 4.90 Å². The van der Waals surface area contributed by atoms with Crippen LogP contribution in [0.1, 0.15) is 17.0 Å². The molecule has 0 spiro atoms. The summed E-state index contributed by atoms with van der Waals surface area (Å²) < 4.78 is 25.6. The molecule has 0 unspecified atom stereocenters. The van der Waals surface area contributed by atoms with E-state index < -0.39 is 32.9 Å². The Morgan fingerprint density at radius 3 is 2.35 bits per heavy atom. The molecule has 2 aromatic carbocycles. The van der Waals surface area contributed by atoms with Gasteiger partial charge >= 0.3 is 5.97 Å². The third-order valence-corrected chi connectivity index (χ3v) is 6.65. The second-order valence-corrected chi connectivity index (χ2v) is 8.31. The maximum absolute atomic E-state index is 12.8. The molecule has 3 rings (SSSR count). The summed E-state index contributed by atoms with van der Waals surface area (Å²) in [6.45, 7) is 1.86. The third-order valence-electron chi connectivity index (χ3n) is 4.18. The summed E-state index contributed by atoms with van der Waals surface area (Å²) in [5.74, 6) is -2.62. The zero-order valence-electron chi connectivity index (χ0n) is 12.3. The van der Waals surface area contributed by atoms with Gasteiger partial charge in [0.2, 0.25) is 0 Å². The summed E-state index contributed by atoms with van der Waals surface area (Å²) in [5.41, 5.74) is 1.59. The van der Waals surface area contributed by atoms with Gasteiger partial charge in [0, 0.05) is 10.9 Å². The molecule has 1 aliphatic carbocycles. The molecule has 2 aromatic rings. The SMILES string of the molecule is Cc1ccc(S(=O)(=O)[C@@H]2[C@H](C(=O)O)[C@@H]2c2cccc(Cl)c2)cc1. The normalized spacial score (nSPS) is 23.5. The van der Waals surface area contributed by atoms with E-state index in [0.29, 0.717) is 10.6 Å². The Kier molecular flexibility index (Phi) is 3.94. The van der Waals surface area contributed by atoms with E-state index >= 15 is 0 Å². The van der Waals surface area contributed by atoms with Gasteiger partial charge in [0.25, 0.3) is 0 Å². The van der Waals surface area contributed by atoms with Crippen molar-refractivity contribution < 1.29 is 18.3 Å². The zero-order chi connectivity index (χ0) is 16.8. The molecule has 23 heavy (non-hydrogen) atoms. The van der Waals surface area contributed by atoms with Gasteiger partial charge in [-0.3, -0.25) is 4.79 Å². The van der Waals surface area contributed by atoms with Crippen LogP contribution in [0, 0.1) is 12.8 Å². The van der Waals surface area contributed by atoms with E-state index in [1.807, 2.05) is 6.92 Å². The lowest BCUT2D eigenvalue weighted by Crippen LogP contribution is -2.13.